The van der Waals surface area contributed by atoms with E-state index in [1.54, 1.807) is 6.07 Å². The molecular formula is C27H29NO11. The predicted molar refractivity (Wildman–Crippen MR) is 132 cm³/mol. The highest BCUT2D eigenvalue weighted by Gasteiger charge is 2.66. The van der Waals surface area contributed by atoms with Crippen LogP contribution >= 0.6 is 0 Å². The summed E-state index contributed by atoms with van der Waals surface area (Å²) in [6.45, 7) is 1.97. The Balaban J connectivity index is 2.01. The maximum Gasteiger partial charge on any atom is 0.317 e. The van der Waals surface area contributed by atoms with Gasteiger partial charge in [-0.3, -0.25) is 24.0 Å². The maximum atomic E-state index is 14.0. The number of primary amides is 1. The van der Waals surface area contributed by atoms with E-state index in [2.05, 4.69) is 0 Å². The van der Waals surface area contributed by atoms with Crippen molar-refractivity contribution >= 4 is 35.2 Å². The molecule has 0 spiro atoms. The van der Waals surface area contributed by atoms with Crippen LogP contribution in [0.4, 0.5) is 0 Å². The lowest BCUT2D eigenvalue weighted by Crippen LogP contribution is -2.64. The first kappa shape index (κ1) is 27.8. The number of carboxylic acids is 1. The molecule has 1 aromatic carbocycles. The Labute approximate surface area is 222 Å². The van der Waals surface area contributed by atoms with Gasteiger partial charge in [0.25, 0.3) is 5.91 Å². The maximum absolute atomic E-state index is 14.0. The summed E-state index contributed by atoms with van der Waals surface area (Å²) in [5.74, 6) is -12.4. The van der Waals surface area contributed by atoms with Crippen molar-refractivity contribution in [1.29, 1.82) is 0 Å². The van der Waals surface area contributed by atoms with E-state index in [1.807, 2.05) is 6.92 Å². The van der Waals surface area contributed by atoms with Gasteiger partial charge in [0, 0.05) is 23.8 Å². The van der Waals surface area contributed by atoms with Crippen LogP contribution in [0.5, 0.6) is 5.75 Å². The number of hydrogen-bond donors (Lipinski definition) is 6. The monoisotopic (exact) mass is 543 g/mol. The molecule has 5 atom stereocenters. The van der Waals surface area contributed by atoms with Gasteiger partial charge in [-0.25, -0.2) is 0 Å². The summed E-state index contributed by atoms with van der Waals surface area (Å²) >= 11 is 0. The smallest absolute Gasteiger partial charge is 0.317 e. The minimum Gasteiger partial charge on any atom is -0.508 e. The fraction of sp³-hybridized carbons (Fsp3) is 0.444. The molecule has 1 aromatic rings. The zero-order valence-corrected chi connectivity index (χ0v) is 21.0. The van der Waals surface area contributed by atoms with Crippen molar-refractivity contribution in [1.82, 2.24) is 0 Å². The standard InChI is InChI=1S/C27H29NO11/c1-2-3-4-6-12-11-7-5-8-14(29)18(11)22(34)21-19(12)23(39-17(33)10-16(31)32)13-9-15(30)20(26(28)37)24(35)27(13,38)25(21)36/h5,7-8,12-13,19,23,29,34-35,38H,2-4,6,9-10H2,1H3,(H2,28,37)(H,31,32). The molecule has 208 valence electrons. The molecule has 0 aliphatic heterocycles. The second-order valence-corrected chi connectivity index (χ2v) is 10.1. The van der Waals surface area contributed by atoms with Gasteiger partial charge in [-0.2, -0.15) is 0 Å². The highest BCUT2D eigenvalue weighted by molar-refractivity contribution is 6.23. The molecule has 12 nitrogen and oxygen atoms in total. The number of benzene rings is 1. The van der Waals surface area contributed by atoms with Gasteiger partial charge in [0.1, 0.15) is 35.4 Å². The first-order valence-electron chi connectivity index (χ1n) is 12.6. The van der Waals surface area contributed by atoms with Gasteiger partial charge in [-0.15, -0.1) is 0 Å². The van der Waals surface area contributed by atoms with E-state index in [0.717, 1.165) is 12.8 Å². The summed E-state index contributed by atoms with van der Waals surface area (Å²) in [6, 6.07) is 4.44. The number of hydrogen-bond acceptors (Lipinski definition) is 10. The molecule has 7 N–H and O–H groups in total. The summed E-state index contributed by atoms with van der Waals surface area (Å²) in [7, 11) is 0. The number of ether oxygens (including phenoxy) is 1. The van der Waals surface area contributed by atoms with Gasteiger partial charge in [-0.05, 0) is 24.0 Å². The fourth-order valence-electron chi connectivity index (χ4n) is 6.17. The van der Waals surface area contributed by atoms with Gasteiger partial charge >= 0.3 is 11.9 Å². The summed E-state index contributed by atoms with van der Waals surface area (Å²) in [6.07, 6.45) is -0.798. The van der Waals surface area contributed by atoms with E-state index in [0.29, 0.717) is 18.4 Å². The number of aliphatic carboxylic acids is 1. The SMILES string of the molecule is CCCCCC1c2cccc(O)c2C(O)=C2C(=O)C3(O)C(O)=C(C(N)=O)C(=O)CC3C(OC(=O)CC(=O)O)C21. The summed E-state index contributed by atoms with van der Waals surface area (Å²) in [5, 5.41) is 53.6. The molecule has 3 aliphatic rings. The second kappa shape index (κ2) is 10.2. The Morgan fingerprint density at radius 1 is 1.13 bits per heavy atom. The fourth-order valence-corrected chi connectivity index (χ4v) is 6.17. The number of unbranched alkanes of at least 4 members (excludes halogenated alkanes) is 2. The van der Waals surface area contributed by atoms with Gasteiger partial charge in [0.2, 0.25) is 5.78 Å². The lowest BCUT2D eigenvalue weighted by molar-refractivity contribution is -0.180. The first-order valence-corrected chi connectivity index (χ1v) is 12.6. The van der Waals surface area contributed by atoms with Crippen molar-refractivity contribution < 1.29 is 54.2 Å². The van der Waals surface area contributed by atoms with Crippen LogP contribution in [0.1, 0.15) is 62.5 Å². The van der Waals surface area contributed by atoms with Gasteiger partial charge < -0.3 is 36.0 Å². The number of amides is 1. The number of aromatic hydroxyl groups is 1. The normalized spacial score (nSPS) is 27.9. The quantitative estimate of drug-likeness (QED) is 0.119. The topological polar surface area (TPSA) is 222 Å². The number of rotatable bonds is 8. The van der Waals surface area contributed by atoms with Crippen LogP contribution < -0.4 is 5.73 Å². The number of carbonyl (C=O) groups excluding carboxylic acids is 4. The molecule has 39 heavy (non-hydrogen) atoms. The lowest BCUT2D eigenvalue weighted by atomic mass is 9.55. The molecule has 0 saturated heterocycles. The molecule has 0 radical (unpaired) electrons. The van der Waals surface area contributed by atoms with Crippen LogP contribution in [-0.4, -0.2) is 66.6 Å². The van der Waals surface area contributed by atoms with Crippen molar-refractivity contribution in [3.8, 4) is 5.75 Å². The number of Topliss-reactive ketones (excluding diaryl/α,β-unsaturated/α-hetero) is 2. The number of aliphatic hydroxyl groups is 3. The predicted octanol–water partition coefficient (Wildman–Crippen LogP) is 1.54. The number of esters is 1. The molecule has 0 heterocycles. The third-order valence-corrected chi connectivity index (χ3v) is 7.82. The van der Waals surface area contributed by atoms with Crippen LogP contribution in [0, 0.1) is 11.8 Å². The Morgan fingerprint density at radius 2 is 1.82 bits per heavy atom. The number of carbonyl (C=O) groups is 5. The summed E-state index contributed by atoms with van der Waals surface area (Å²) in [4.78, 5) is 62.6. The summed E-state index contributed by atoms with van der Waals surface area (Å²) in [5.41, 5.74) is 1.07. The van der Waals surface area contributed by atoms with E-state index in [-0.39, 0.29) is 11.3 Å². The highest BCUT2D eigenvalue weighted by Crippen LogP contribution is 2.57. The molecular weight excluding hydrogens is 514 g/mol. The van der Waals surface area contributed by atoms with Gasteiger partial charge in [0.05, 0.1) is 5.56 Å². The minimum absolute atomic E-state index is 0.0817. The zero-order valence-electron chi connectivity index (χ0n) is 21.0. The van der Waals surface area contributed by atoms with E-state index < -0.39 is 94.4 Å². The van der Waals surface area contributed by atoms with E-state index >= 15 is 0 Å². The van der Waals surface area contributed by atoms with Crippen LogP contribution in [0.3, 0.4) is 0 Å². The average Bonchev–Trinajstić information content (AvgIpc) is 2.84. The second-order valence-electron chi connectivity index (χ2n) is 10.1. The van der Waals surface area contributed by atoms with E-state index in [9.17, 15) is 44.4 Å². The number of ketones is 2. The Hall–Kier alpha value is -4.19. The van der Waals surface area contributed by atoms with Crippen LogP contribution in [-0.2, 0) is 28.7 Å². The van der Waals surface area contributed by atoms with Crippen LogP contribution in [0.25, 0.3) is 5.76 Å². The van der Waals surface area contributed by atoms with Crippen LogP contribution in [0.2, 0.25) is 0 Å². The molecule has 0 aromatic heterocycles. The number of nitrogens with two attached hydrogens (primary N) is 1. The average molecular weight is 544 g/mol. The summed E-state index contributed by atoms with van der Waals surface area (Å²) < 4.78 is 5.54. The molecule has 1 fully saturated rings. The van der Waals surface area contributed by atoms with Crippen LogP contribution in [0.15, 0.2) is 35.1 Å². The van der Waals surface area contributed by atoms with Crippen molar-refractivity contribution in [3.63, 3.8) is 0 Å². The first-order chi connectivity index (χ1) is 18.4. The van der Waals surface area contributed by atoms with E-state index in [4.69, 9.17) is 15.6 Å². The van der Waals surface area contributed by atoms with E-state index in [1.165, 1.54) is 12.1 Å². The Kier molecular flexibility index (Phi) is 7.26. The molecule has 1 amide bonds. The van der Waals surface area contributed by atoms with Crippen molar-refractivity contribution in [2.45, 2.75) is 63.1 Å². The number of phenolic OH excluding ortho intramolecular Hbond substituents is 1. The molecule has 0 bridgehead atoms. The third kappa shape index (κ3) is 4.34. The van der Waals surface area contributed by atoms with Crippen molar-refractivity contribution in [3.05, 3.63) is 46.2 Å². The largest absolute Gasteiger partial charge is 0.508 e. The third-order valence-electron chi connectivity index (χ3n) is 7.82. The van der Waals surface area contributed by atoms with Gasteiger partial charge in [0.15, 0.2) is 11.4 Å². The number of aliphatic hydroxyl groups excluding tert-OH is 2. The van der Waals surface area contributed by atoms with Crippen molar-refractivity contribution in [2.75, 3.05) is 0 Å². The Morgan fingerprint density at radius 3 is 2.44 bits per heavy atom. The van der Waals surface area contributed by atoms with Gasteiger partial charge in [-0.1, -0.05) is 38.3 Å². The molecule has 1 saturated carbocycles. The Bertz CT molecular complexity index is 1340. The lowest BCUT2D eigenvalue weighted by Gasteiger charge is -2.52. The number of fused-ring (bicyclic) bond motifs is 3. The van der Waals surface area contributed by atoms with Crippen molar-refractivity contribution in [2.24, 2.45) is 17.6 Å². The number of carboxylic acid groups (broad SMARTS) is 1. The molecule has 3 aliphatic carbocycles. The number of phenols is 1. The zero-order chi connectivity index (χ0) is 28.8. The molecule has 12 heteroatoms. The molecule has 4 rings (SSSR count). The highest BCUT2D eigenvalue weighted by atomic mass is 16.5. The molecule has 5 unspecified atom stereocenters. The minimum atomic E-state index is -3.01.